The predicted molar refractivity (Wildman–Crippen MR) is 94.1 cm³/mol. The summed E-state index contributed by atoms with van der Waals surface area (Å²) in [6, 6.07) is 3.24. The molecule has 0 aliphatic rings. The Morgan fingerprint density at radius 1 is 1.12 bits per heavy atom. The molecule has 1 unspecified atom stereocenters. The van der Waals surface area contributed by atoms with Crippen LogP contribution in [0, 0.1) is 5.82 Å². The van der Waals surface area contributed by atoms with Crippen LogP contribution >= 0.6 is 10.7 Å². The highest BCUT2D eigenvalue weighted by Crippen LogP contribution is 2.19. The molecule has 1 aromatic rings. The third kappa shape index (κ3) is 8.97. The number of carbonyl (C=O) groups is 2. The number of carbonyl (C=O) groups excluding carboxylic acids is 2. The van der Waals surface area contributed by atoms with E-state index < -0.39 is 33.6 Å². The van der Waals surface area contributed by atoms with Gasteiger partial charge in [-0.05, 0) is 18.6 Å². The maximum Gasteiger partial charge on any atom is 0.355 e. The summed E-state index contributed by atoms with van der Waals surface area (Å²) in [6.07, 6.45) is 7.82. The van der Waals surface area contributed by atoms with E-state index in [2.05, 4.69) is 11.1 Å². The van der Waals surface area contributed by atoms with Gasteiger partial charge in [0.1, 0.15) is 11.6 Å². The maximum absolute atomic E-state index is 13.8. The van der Waals surface area contributed by atoms with Crippen LogP contribution in [0.25, 0.3) is 0 Å². The molecule has 0 fully saturated rings. The second-order valence-electron chi connectivity index (χ2n) is 5.55. The van der Waals surface area contributed by atoms with Crippen molar-refractivity contribution in [2.45, 2.75) is 58.3 Å². The molecule has 0 bridgehead atoms. The van der Waals surface area contributed by atoms with Crippen LogP contribution in [0.3, 0.4) is 0 Å². The minimum atomic E-state index is -2.36. The van der Waals surface area contributed by atoms with Crippen molar-refractivity contribution in [2.75, 3.05) is 0 Å². The fourth-order valence-electron chi connectivity index (χ4n) is 2.24. The molecular formula is C17H22ClFO5S. The maximum atomic E-state index is 13.8. The first kappa shape index (κ1) is 21.6. The average Bonchev–Trinajstić information content (AvgIpc) is 2.53. The van der Waals surface area contributed by atoms with E-state index in [1.165, 1.54) is 31.7 Å². The van der Waals surface area contributed by atoms with Crippen molar-refractivity contribution in [1.29, 1.82) is 0 Å². The van der Waals surface area contributed by atoms with Gasteiger partial charge in [0.25, 0.3) is 0 Å². The van der Waals surface area contributed by atoms with Crippen LogP contribution in [-0.2, 0) is 19.3 Å². The second kappa shape index (κ2) is 12.0. The molecule has 0 saturated carbocycles. The third-order valence-corrected chi connectivity index (χ3v) is 3.99. The topological polar surface area (TPSA) is 69.7 Å². The zero-order valence-corrected chi connectivity index (χ0v) is 15.7. The summed E-state index contributed by atoms with van der Waals surface area (Å²) >= 11 is 0. The minimum Gasteiger partial charge on any atom is -0.426 e. The SMILES string of the molecule is CCCCCCCCCC(=O)Oc1ccc(C(=O)OS(=O)Cl)c(F)c1. The van der Waals surface area contributed by atoms with Gasteiger partial charge in [-0.1, -0.05) is 45.4 Å². The Kier molecular flexibility index (Phi) is 10.3. The van der Waals surface area contributed by atoms with Crippen molar-refractivity contribution >= 4 is 32.9 Å². The van der Waals surface area contributed by atoms with Crippen molar-refractivity contribution in [2.24, 2.45) is 0 Å². The van der Waals surface area contributed by atoms with Gasteiger partial charge in [0, 0.05) is 23.2 Å². The molecule has 8 heteroatoms. The molecule has 1 aromatic carbocycles. The number of halogens is 2. The molecule has 0 N–H and O–H groups in total. The summed E-state index contributed by atoms with van der Waals surface area (Å²) in [5.74, 6) is -2.57. The van der Waals surface area contributed by atoms with Crippen LogP contribution in [0.2, 0.25) is 0 Å². The summed E-state index contributed by atoms with van der Waals surface area (Å²) in [5.41, 5.74) is -0.444. The number of hydrogen-bond donors (Lipinski definition) is 0. The Labute approximate surface area is 154 Å². The lowest BCUT2D eigenvalue weighted by molar-refractivity contribution is -0.134. The number of unbranched alkanes of at least 4 members (excludes halogenated alkanes) is 6. The third-order valence-electron chi connectivity index (χ3n) is 3.52. The summed E-state index contributed by atoms with van der Waals surface area (Å²) < 4.78 is 33.6. The van der Waals surface area contributed by atoms with Crippen molar-refractivity contribution < 1.29 is 27.1 Å². The normalized spacial score (nSPS) is 11.8. The first-order valence-corrected chi connectivity index (χ1v) is 10.1. The molecule has 25 heavy (non-hydrogen) atoms. The van der Waals surface area contributed by atoms with Crippen molar-refractivity contribution in [3.05, 3.63) is 29.6 Å². The molecule has 0 aliphatic carbocycles. The van der Waals surface area contributed by atoms with Crippen LogP contribution in [0.1, 0.15) is 68.6 Å². The Morgan fingerprint density at radius 2 is 1.76 bits per heavy atom. The van der Waals surface area contributed by atoms with Gasteiger partial charge in [-0.25, -0.2) is 9.18 Å². The van der Waals surface area contributed by atoms with Crippen LogP contribution in [0.15, 0.2) is 18.2 Å². The first-order valence-electron chi connectivity index (χ1n) is 8.25. The molecule has 140 valence electrons. The number of rotatable bonds is 11. The van der Waals surface area contributed by atoms with Gasteiger partial charge in [0.15, 0.2) is 0 Å². The minimum absolute atomic E-state index is 0.00556. The van der Waals surface area contributed by atoms with Gasteiger partial charge in [-0.3, -0.25) is 4.79 Å². The highest BCUT2D eigenvalue weighted by molar-refractivity contribution is 8.04. The highest BCUT2D eigenvalue weighted by Gasteiger charge is 2.17. The highest BCUT2D eigenvalue weighted by atomic mass is 35.7. The Balaban J connectivity index is 2.39. The summed E-state index contributed by atoms with van der Waals surface area (Å²) in [6.45, 7) is 2.16. The zero-order valence-electron chi connectivity index (χ0n) is 14.1. The van der Waals surface area contributed by atoms with E-state index in [4.69, 9.17) is 15.4 Å². The lowest BCUT2D eigenvalue weighted by Crippen LogP contribution is -2.10. The number of ether oxygens (including phenoxy) is 1. The quantitative estimate of drug-likeness (QED) is 0.233. The van der Waals surface area contributed by atoms with Gasteiger partial charge >= 0.3 is 22.2 Å². The lowest BCUT2D eigenvalue weighted by atomic mass is 10.1. The van der Waals surface area contributed by atoms with E-state index >= 15 is 0 Å². The first-order chi connectivity index (χ1) is 11.9. The predicted octanol–water partition coefficient (Wildman–Crippen LogP) is 4.85. The fourth-order valence-corrected chi connectivity index (χ4v) is 2.62. The molecule has 0 heterocycles. The van der Waals surface area contributed by atoms with E-state index in [0.29, 0.717) is 0 Å². The molecule has 5 nitrogen and oxygen atoms in total. The van der Waals surface area contributed by atoms with Gasteiger partial charge in [0.05, 0.1) is 5.56 Å². The summed E-state index contributed by atoms with van der Waals surface area (Å²) in [4.78, 5) is 23.2. The van der Waals surface area contributed by atoms with Crippen LogP contribution in [0.5, 0.6) is 5.75 Å². The monoisotopic (exact) mass is 392 g/mol. The molecule has 0 aromatic heterocycles. The van der Waals surface area contributed by atoms with Crippen LogP contribution in [0.4, 0.5) is 4.39 Å². The van der Waals surface area contributed by atoms with E-state index in [1.807, 2.05) is 0 Å². The molecule has 1 atom stereocenters. The molecule has 0 spiro atoms. The Morgan fingerprint density at radius 3 is 2.36 bits per heavy atom. The molecule has 0 saturated heterocycles. The molecule has 0 amide bonds. The van der Waals surface area contributed by atoms with Gasteiger partial charge in [-0.15, -0.1) is 0 Å². The fraction of sp³-hybridized carbons (Fsp3) is 0.529. The van der Waals surface area contributed by atoms with Gasteiger partial charge in [0.2, 0.25) is 0 Å². The molecule has 0 aliphatic heterocycles. The van der Waals surface area contributed by atoms with Crippen LogP contribution < -0.4 is 4.74 Å². The van der Waals surface area contributed by atoms with Crippen molar-refractivity contribution in [3.8, 4) is 5.75 Å². The van der Waals surface area contributed by atoms with Gasteiger partial charge in [-0.2, -0.15) is 4.21 Å². The zero-order chi connectivity index (χ0) is 18.7. The Bertz CT molecular complexity index is 609. The van der Waals surface area contributed by atoms with E-state index in [9.17, 15) is 18.2 Å². The largest absolute Gasteiger partial charge is 0.426 e. The molecule has 0 radical (unpaired) electrons. The Hall–Kier alpha value is -1.47. The summed E-state index contributed by atoms with van der Waals surface area (Å²) in [5, 5.41) is 0. The molecular weight excluding hydrogens is 371 g/mol. The number of hydrogen-bond acceptors (Lipinski definition) is 5. The average molecular weight is 393 g/mol. The second-order valence-corrected chi connectivity index (χ2v) is 6.86. The standard InChI is InChI=1S/C17H22ClFO5S/c1-2-3-4-5-6-7-8-9-16(20)23-13-10-11-14(15(19)12-13)17(21)24-25(18)22/h10-12H,2-9H2,1H3. The van der Waals surface area contributed by atoms with Gasteiger partial charge < -0.3 is 8.92 Å². The summed E-state index contributed by atoms with van der Waals surface area (Å²) in [7, 11) is 2.65. The van der Waals surface area contributed by atoms with E-state index in [1.54, 1.807) is 0 Å². The number of esters is 1. The van der Waals surface area contributed by atoms with Crippen molar-refractivity contribution in [1.82, 2.24) is 0 Å². The number of benzene rings is 1. The van der Waals surface area contributed by atoms with Crippen LogP contribution in [-0.4, -0.2) is 16.1 Å². The van der Waals surface area contributed by atoms with E-state index in [-0.39, 0.29) is 12.2 Å². The van der Waals surface area contributed by atoms with E-state index in [0.717, 1.165) is 31.4 Å². The lowest BCUT2D eigenvalue weighted by Gasteiger charge is -2.06. The smallest absolute Gasteiger partial charge is 0.355 e. The molecule has 1 rings (SSSR count). The van der Waals surface area contributed by atoms with Crippen molar-refractivity contribution in [3.63, 3.8) is 0 Å².